The number of hydrogen-bond donors (Lipinski definition) is 0. The van der Waals surface area contributed by atoms with Crippen molar-refractivity contribution in [3.8, 4) is 5.75 Å². The third-order valence-corrected chi connectivity index (χ3v) is 3.97. The SMILES string of the molecule is O=C(COc1ccc(C(=O)c2ccc(F)cc2)cc1)c1cccc([N+](=O)[O-])c1. The summed E-state index contributed by atoms with van der Waals surface area (Å²) >= 11 is 0. The monoisotopic (exact) mass is 379 g/mol. The Morgan fingerprint density at radius 3 is 2.11 bits per heavy atom. The van der Waals surface area contributed by atoms with Gasteiger partial charge in [-0.1, -0.05) is 12.1 Å². The van der Waals surface area contributed by atoms with Crippen LogP contribution in [-0.2, 0) is 0 Å². The Morgan fingerprint density at radius 1 is 0.893 bits per heavy atom. The van der Waals surface area contributed by atoms with E-state index in [1.54, 1.807) is 12.1 Å². The van der Waals surface area contributed by atoms with Gasteiger partial charge in [-0.3, -0.25) is 19.7 Å². The third kappa shape index (κ3) is 4.45. The summed E-state index contributed by atoms with van der Waals surface area (Å²) in [5, 5.41) is 10.8. The van der Waals surface area contributed by atoms with Crippen LogP contribution in [0.5, 0.6) is 5.75 Å². The zero-order valence-corrected chi connectivity index (χ0v) is 14.5. The normalized spacial score (nSPS) is 10.3. The fourth-order valence-corrected chi connectivity index (χ4v) is 2.50. The molecule has 3 rings (SSSR count). The molecule has 140 valence electrons. The molecule has 0 atom stereocenters. The second-order valence-corrected chi connectivity index (χ2v) is 5.88. The number of hydrogen-bond acceptors (Lipinski definition) is 5. The van der Waals surface area contributed by atoms with Crippen molar-refractivity contribution in [3.63, 3.8) is 0 Å². The molecular formula is C21H14FNO5. The Kier molecular flexibility index (Phi) is 5.55. The summed E-state index contributed by atoms with van der Waals surface area (Å²) in [7, 11) is 0. The highest BCUT2D eigenvalue weighted by Crippen LogP contribution is 2.17. The number of benzene rings is 3. The van der Waals surface area contributed by atoms with E-state index in [1.807, 2.05) is 0 Å². The molecule has 3 aromatic carbocycles. The molecule has 0 bridgehead atoms. The quantitative estimate of drug-likeness (QED) is 0.348. The summed E-state index contributed by atoms with van der Waals surface area (Å²) in [5.74, 6) is -0.725. The van der Waals surface area contributed by atoms with Crippen molar-refractivity contribution in [2.75, 3.05) is 6.61 Å². The molecular weight excluding hydrogens is 365 g/mol. The number of Topliss-reactive ketones (excluding diaryl/α,β-unsaturated/α-hetero) is 1. The Hall–Kier alpha value is -3.87. The minimum absolute atomic E-state index is 0.172. The van der Waals surface area contributed by atoms with Gasteiger partial charge in [0.25, 0.3) is 5.69 Å². The number of rotatable bonds is 7. The Labute approximate surface area is 159 Å². The van der Waals surface area contributed by atoms with Gasteiger partial charge in [0.15, 0.2) is 18.2 Å². The van der Waals surface area contributed by atoms with Gasteiger partial charge in [-0.05, 0) is 48.5 Å². The highest BCUT2D eigenvalue weighted by Gasteiger charge is 2.13. The average molecular weight is 379 g/mol. The van der Waals surface area contributed by atoms with Gasteiger partial charge < -0.3 is 4.74 Å². The third-order valence-electron chi connectivity index (χ3n) is 3.97. The largest absolute Gasteiger partial charge is 0.485 e. The standard InChI is InChI=1S/C21H14FNO5/c22-17-8-4-14(5-9-17)21(25)15-6-10-19(11-7-15)28-13-20(24)16-2-1-3-18(12-16)23(26)27/h1-12H,13H2. The molecule has 0 radical (unpaired) electrons. The molecule has 0 fully saturated rings. The van der Waals surface area contributed by atoms with Crippen molar-refractivity contribution < 1.29 is 23.6 Å². The predicted octanol–water partition coefficient (Wildman–Crippen LogP) is 4.23. The van der Waals surface area contributed by atoms with Gasteiger partial charge in [-0.2, -0.15) is 0 Å². The Bertz CT molecular complexity index is 1030. The van der Waals surface area contributed by atoms with Gasteiger partial charge >= 0.3 is 0 Å². The topological polar surface area (TPSA) is 86.5 Å². The summed E-state index contributed by atoms with van der Waals surface area (Å²) in [5.41, 5.74) is 0.756. The number of nitro benzene ring substituents is 1. The molecule has 0 unspecified atom stereocenters. The maximum atomic E-state index is 13.0. The summed E-state index contributed by atoms with van der Waals surface area (Å²) in [6, 6.07) is 16.8. The highest BCUT2D eigenvalue weighted by atomic mass is 19.1. The van der Waals surface area contributed by atoms with Crippen LogP contribution < -0.4 is 4.74 Å². The van der Waals surface area contributed by atoms with E-state index in [1.165, 1.54) is 60.7 Å². The maximum absolute atomic E-state index is 13.0. The number of nitro groups is 1. The van der Waals surface area contributed by atoms with Crippen molar-refractivity contribution in [1.82, 2.24) is 0 Å². The van der Waals surface area contributed by atoms with E-state index in [9.17, 15) is 24.1 Å². The van der Waals surface area contributed by atoms with Gasteiger partial charge in [0.1, 0.15) is 11.6 Å². The van der Waals surface area contributed by atoms with Crippen LogP contribution in [-0.4, -0.2) is 23.1 Å². The molecule has 28 heavy (non-hydrogen) atoms. The van der Waals surface area contributed by atoms with E-state index in [4.69, 9.17) is 4.74 Å². The molecule has 7 heteroatoms. The minimum atomic E-state index is -0.575. The molecule has 0 amide bonds. The van der Waals surface area contributed by atoms with E-state index >= 15 is 0 Å². The van der Waals surface area contributed by atoms with Gasteiger partial charge in [0.05, 0.1) is 4.92 Å². The lowest BCUT2D eigenvalue weighted by Gasteiger charge is -2.07. The number of ether oxygens (including phenoxy) is 1. The molecule has 0 saturated carbocycles. The lowest BCUT2D eigenvalue weighted by atomic mass is 10.0. The molecule has 0 heterocycles. The average Bonchev–Trinajstić information content (AvgIpc) is 2.72. The predicted molar refractivity (Wildman–Crippen MR) is 99.2 cm³/mol. The summed E-state index contributed by atoms with van der Waals surface area (Å²) in [4.78, 5) is 34.7. The first-order valence-electron chi connectivity index (χ1n) is 8.25. The van der Waals surface area contributed by atoms with Crippen molar-refractivity contribution in [1.29, 1.82) is 0 Å². The van der Waals surface area contributed by atoms with E-state index < -0.39 is 16.5 Å². The van der Waals surface area contributed by atoms with Crippen molar-refractivity contribution in [2.24, 2.45) is 0 Å². The first kappa shape index (κ1) is 18.9. The highest BCUT2D eigenvalue weighted by molar-refractivity contribution is 6.09. The number of carbonyl (C=O) groups is 2. The molecule has 0 N–H and O–H groups in total. The van der Waals surface area contributed by atoms with Gasteiger partial charge in [-0.25, -0.2) is 4.39 Å². The Morgan fingerprint density at radius 2 is 1.50 bits per heavy atom. The molecule has 0 aliphatic rings. The fraction of sp³-hybridized carbons (Fsp3) is 0.0476. The number of nitrogens with zero attached hydrogens (tertiary/aromatic N) is 1. The van der Waals surface area contributed by atoms with Crippen LogP contribution in [0.25, 0.3) is 0 Å². The summed E-state index contributed by atoms with van der Waals surface area (Å²) in [6.07, 6.45) is 0. The second-order valence-electron chi connectivity index (χ2n) is 5.88. The zero-order valence-electron chi connectivity index (χ0n) is 14.5. The molecule has 0 saturated heterocycles. The van der Waals surface area contributed by atoms with Gasteiger partial charge in [0, 0.05) is 28.8 Å². The van der Waals surface area contributed by atoms with Crippen LogP contribution in [0.2, 0.25) is 0 Å². The van der Waals surface area contributed by atoms with Crippen LogP contribution in [0.4, 0.5) is 10.1 Å². The minimum Gasteiger partial charge on any atom is -0.485 e. The summed E-state index contributed by atoms with van der Waals surface area (Å²) < 4.78 is 18.3. The molecule has 0 spiro atoms. The smallest absolute Gasteiger partial charge is 0.270 e. The number of carbonyl (C=O) groups excluding carboxylic acids is 2. The van der Waals surface area contributed by atoms with Crippen LogP contribution in [0.15, 0.2) is 72.8 Å². The first-order chi connectivity index (χ1) is 13.4. The summed E-state index contributed by atoms with van der Waals surface area (Å²) in [6.45, 7) is -0.299. The lowest BCUT2D eigenvalue weighted by molar-refractivity contribution is -0.384. The van der Waals surface area contributed by atoms with Crippen molar-refractivity contribution in [2.45, 2.75) is 0 Å². The molecule has 6 nitrogen and oxygen atoms in total. The van der Waals surface area contributed by atoms with Crippen LogP contribution in [0.3, 0.4) is 0 Å². The van der Waals surface area contributed by atoms with Gasteiger partial charge in [0.2, 0.25) is 0 Å². The molecule has 3 aromatic rings. The van der Waals surface area contributed by atoms with Crippen LogP contribution in [0, 0.1) is 15.9 Å². The number of halogens is 1. The van der Waals surface area contributed by atoms with E-state index in [0.29, 0.717) is 16.9 Å². The fourth-order valence-electron chi connectivity index (χ4n) is 2.50. The van der Waals surface area contributed by atoms with Crippen molar-refractivity contribution >= 4 is 17.3 Å². The molecule has 0 aromatic heterocycles. The van der Waals surface area contributed by atoms with E-state index in [2.05, 4.69) is 0 Å². The van der Waals surface area contributed by atoms with Crippen LogP contribution >= 0.6 is 0 Å². The van der Waals surface area contributed by atoms with Crippen molar-refractivity contribution in [3.05, 3.63) is 105 Å². The maximum Gasteiger partial charge on any atom is 0.270 e. The number of non-ortho nitro benzene ring substituents is 1. The lowest BCUT2D eigenvalue weighted by Crippen LogP contribution is -2.12. The first-order valence-corrected chi connectivity index (χ1v) is 8.25. The second kappa shape index (κ2) is 8.22. The van der Waals surface area contributed by atoms with Crippen LogP contribution in [0.1, 0.15) is 26.3 Å². The molecule has 0 aliphatic carbocycles. The Balaban J connectivity index is 1.63. The zero-order chi connectivity index (χ0) is 20.1. The van der Waals surface area contributed by atoms with E-state index in [0.717, 1.165) is 0 Å². The molecule has 0 aliphatic heterocycles. The van der Waals surface area contributed by atoms with E-state index in [-0.39, 0.29) is 23.6 Å². The van der Waals surface area contributed by atoms with Gasteiger partial charge in [-0.15, -0.1) is 0 Å². The number of ketones is 2.